The highest BCUT2D eigenvalue weighted by Gasteiger charge is 2.26. The Balaban J connectivity index is 1.33. The van der Waals surface area contributed by atoms with E-state index < -0.39 is 0 Å². The van der Waals surface area contributed by atoms with E-state index >= 15 is 0 Å². The number of amides is 2. The van der Waals surface area contributed by atoms with Gasteiger partial charge in [-0.1, -0.05) is 11.6 Å². The van der Waals surface area contributed by atoms with Crippen LogP contribution in [0.25, 0.3) is 5.65 Å². The van der Waals surface area contributed by atoms with Crippen molar-refractivity contribution in [1.82, 2.24) is 24.9 Å². The Morgan fingerprint density at radius 3 is 2.50 bits per heavy atom. The lowest BCUT2D eigenvalue weighted by Gasteiger charge is -2.30. The van der Waals surface area contributed by atoms with E-state index in [0.29, 0.717) is 28.9 Å². The van der Waals surface area contributed by atoms with Crippen LogP contribution in [0.3, 0.4) is 0 Å². The van der Waals surface area contributed by atoms with Crippen molar-refractivity contribution in [2.24, 2.45) is 0 Å². The number of nitrogens with one attached hydrogen (secondary N) is 4. The van der Waals surface area contributed by atoms with Crippen LogP contribution in [0.2, 0.25) is 5.15 Å². The Labute approximate surface area is 212 Å². The van der Waals surface area contributed by atoms with Crippen molar-refractivity contribution in [1.29, 1.82) is 5.26 Å². The number of pyridine rings is 1. The molecule has 2 amide bonds. The van der Waals surface area contributed by atoms with E-state index in [9.17, 15) is 9.59 Å². The highest BCUT2D eigenvalue weighted by molar-refractivity contribution is 6.29. The van der Waals surface area contributed by atoms with Crippen molar-refractivity contribution in [3.8, 4) is 6.07 Å². The molecule has 3 aromatic rings. The van der Waals surface area contributed by atoms with E-state index in [2.05, 4.69) is 36.3 Å². The molecule has 11 nitrogen and oxygen atoms in total. The van der Waals surface area contributed by atoms with Gasteiger partial charge in [0.2, 0.25) is 5.91 Å². The molecule has 0 atom stereocenters. The number of carbonyl (C=O) groups is 2. The fourth-order valence-electron chi connectivity index (χ4n) is 4.36. The normalized spacial score (nSPS) is 19.3. The van der Waals surface area contributed by atoms with Crippen LogP contribution >= 0.6 is 11.6 Å². The van der Waals surface area contributed by atoms with Crippen molar-refractivity contribution >= 4 is 46.3 Å². The number of nitriles is 1. The van der Waals surface area contributed by atoms with Crippen LogP contribution in [0.1, 0.15) is 55.4 Å². The standard InChI is InChI=1S/C24H26ClN9O2/c25-20-11-17(8-10-27-20)32-24(36)19-13-28-23-18(29-14-1-2-14)12-21(33-34(19)23)30-15-3-5-16(6-4-15)31-22(35)7-9-26/h8,10-16,29H,1-7H2,(H,30,33)(H,31,35)(H,27,32,36). The van der Waals surface area contributed by atoms with Crippen molar-refractivity contribution < 1.29 is 9.59 Å². The Morgan fingerprint density at radius 2 is 1.78 bits per heavy atom. The molecule has 0 aliphatic heterocycles. The van der Waals surface area contributed by atoms with E-state index in [-0.39, 0.29) is 35.5 Å². The van der Waals surface area contributed by atoms with Crippen molar-refractivity contribution in [3.63, 3.8) is 0 Å². The van der Waals surface area contributed by atoms with Crippen LogP contribution in [0.5, 0.6) is 0 Å². The van der Waals surface area contributed by atoms with Crippen molar-refractivity contribution in [2.45, 2.75) is 63.1 Å². The smallest absolute Gasteiger partial charge is 0.276 e. The lowest BCUT2D eigenvalue weighted by Crippen LogP contribution is -2.40. The molecule has 12 heteroatoms. The minimum Gasteiger partial charge on any atom is -0.379 e. The number of fused-ring (bicyclic) bond motifs is 1. The predicted octanol–water partition coefficient (Wildman–Crippen LogP) is 3.36. The molecule has 2 aliphatic carbocycles. The molecule has 0 saturated heterocycles. The van der Waals surface area contributed by atoms with Crippen LogP contribution in [0, 0.1) is 11.3 Å². The molecule has 2 fully saturated rings. The molecule has 4 N–H and O–H groups in total. The molecule has 0 unspecified atom stereocenters. The number of rotatable bonds is 8. The van der Waals surface area contributed by atoms with Crippen molar-refractivity contribution in [2.75, 3.05) is 16.0 Å². The zero-order valence-electron chi connectivity index (χ0n) is 19.5. The number of hydrogen-bond acceptors (Lipinski definition) is 8. The molecular formula is C24H26ClN9O2. The van der Waals surface area contributed by atoms with Crippen LogP contribution in [-0.4, -0.2) is 49.5 Å². The maximum Gasteiger partial charge on any atom is 0.276 e. The quantitative estimate of drug-likeness (QED) is 0.339. The molecule has 3 heterocycles. The molecule has 36 heavy (non-hydrogen) atoms. The van der Waals surface area contributed by atoms with Gasteiger partial charge in [0.05, 0.1) is 18.0 Å². The van der Waals surface area contributed by atoms with Gasteiger partial charge in [0.1, 0.15) is 17.4 Å². The first kappa shape index (κ1) is 23.8. The van der Waals surface area contributed by atoms with Gasteiger partial charge in [-0.2, -0.15) is 5.26 Å². The lowest BCUT2D eigenvalue weighted by molar-refractivity contribution is -0.121. The van der Waals surface area contributed by atoms with Crippen LogP contribution in [0.4, 0.5) is 17.2 Å². The topological polar surface area (TPSA) is 149 Å². The number of aromatic nitrogens is 4. The minimum absolute atomic E-state index is 0.0806. The minimum atomic E-state index is -0.361. The maximum absolute atomic E-state index is 13.0. The highest BCUT2D eigenvalue weighted by atomic mass is 35.5. The molecular weight excluding hydrogens is 482 g/mol. The van der Waals surface area contributed by atoms with Gasteiger partial charge in [-0.15, -0.1) is 5.10 Å². The van der Waals surface area contributed by atoms with Gasteiger partial charge < -0.3 is 21.3 Å². The average molecular weight is 508 g/mol. The van der Waals surface area contributed by atoms with Gasteiger partial charge >= 0.3 is 0 Å². The zero-order valence-corrected chi connectivity index (χ0v) is 20.3. The van der Waals surface area contributed by atoms with Crippen LogP contribution < -0.4 is 21.3 Å². The predicted molar refractivity (Wildman–Crippen MR) is 135 cm³/mol. The fraction of sp³-hybridized carbons (Fsp3) is 0.417. The summed E-state index contributed by atoms with van der Waals surface area (Å²) in [4.78, 5) is 33.2. The number of nitrogens with zero attached hydrogens (tertiary/aromatic N) is 5. The first-order valence-corrected chi connectivity index (χ1v) is 12.4. The summed E-state index contributed by atoms with van der Waals surface area (Å²) in [5.41, 5.74) is 2.22. The fourth-order valence-corrected chi connectivity index (χ4v) is 4.54. The van der Waals surface area contributed by atoms with E-state index in [1.165, 1.54) is 12.4 Å². The largest absolute Gasteiger partial charge is 0.379 e. The number of anilines is 3. The van der Waals surface area contributed by atoms with Gasteiger partial charge in [-0.25, -0.2) is 14.5 Å². The third kappa shape index (κ3) is 5.66. The second-order valence-corrected chi connectivity index (χ2v) is 9.54. The Morgan fingerprint density at radius 1 is 1.06 bits per heavy atom. The van der Waals surface area contributed by atoms with E-state index in [4.69, 9.17) is 16.9 Å². The maximum atomic E-state index is 13.0. The molecule has 2 aliphatic rings. The van der Waals surface area contributed by atoms with Gasteiger partial charge in [0.25, 0.3) is 5.91 Å². The molecule has 0 aromatic carbocycles. The molecule has 5 rings (SSSR count). The van der Waals surface area contributed by atoms with Gasteiger partial charge in [-0.3, -0.25) is 9.59 Å². The number of carbonyl (C=O) groups excluding carboxylic acids is 2. The van der Waals surface area contributed by atoms with E-state index in [1.807, 2.05) is 12.1 Å². The van der Waals surface area contributed by atoms with E-state index in [1.54, 1.807) is 16.6 Å². The first-order valence-electron chi connectivity index (χ1n) is 12.0. The van der Waals surface area contributed by atoms with Crippen LogP contribution in [0.15, 0.2) is 30.6 Å². The summed E-state index contributed by atoms with van der Waals surface area (Å²) >= 11 is 5.94. The average Bonchev–Trinajstić information content (AvgIpc) is 3.55. The number of imidazole rings is 1. The molecule has 0 radical (unpaired) electrons. The molecule has 0 spiro atoms. The summed E-state index contributed by atoms with van der Waals surface area (Å²) in [6.07, 6.45) is 8.44. The molecule has 0 bridgehead atoms. The third-order valence-corrected chi connectivity index (χ3v) is 6.51. The summed E-state index contributed by atoms with van der Waals surface area (Å²) in [5, 5.41) is 26.4. The second-order valence-electron chi connectivity index (χ2n) is 9.16. The molecule has 3 aromatic heterocycles. The second kappa shape index (κ2) is 10.4. The van der Waals surface area contributed by atoms with E-state index in [0.717, 1.165) is 44.2 Å². The summed E-state index contributed by atoms with van der Waals surface area (Å²) in [7, 11) is 0. The monoisotopic (exact) mass is 507 g/mol. The molecule has 2 saturated carbocycles. The van der Waals surface area contributed by atoms with Gasteiger partial charge in [-0.05, 0) is 50.7 Å². The summed E-state index contributed by atoms with van der Waals surface area (Å²) in [5.74, 6) is 0.0544. The van der Waals surface area contributed by atoms with Crippen molar-refractivity contribution in [3.05, 3.63) is 41.4 Å². The molecule has 186 valence electrons. The lowest BCUT2D eigenvalue weighted by atomic mass is 9.91. The third-order valence-electron chi connectivity index (χ3n) is 6.31. The summed E-state index contributed by atoms with van der Waals surface area (Å²) < 4.78 is 1.55. The zero-order chi connectivity index (χ0) is 25.1. The Hall–Kier alpha value is -3.91. The first-order chi connectivity index (χ1) is 17.5. The van der Waals surface area contributed by atoms with Gasteiger partial charge in [0.15, 0.2) is 11.3 Å². The van der Waals surface area contributed by atoms with Gasteiger partial charge in [0, 0.05) is 36.1 Å². The number of hydrogen-bond donors (Lipinski definition) is 4. The Bertz CT molecular complexity index is 1320. The number of halogens is 1. The Kier molecular flexibility index (Phi) is 6.86. The SMILES string of the molecule is N#CCC(=O)NC1CCC(Nc2cc(NC3CC3)c3ncc(C(=O)Nc4ccnc(Cl)c4)n3n2)CC1. The highest BCUT2D eigenvalue weighted by Crippen LogP contribution is 2.30. The van der Waals surface area contributed by atoms with Crippen LogP contribution in [-0.2, 0) is 4.79 Å². The summed E-state index contributed by atoms with van der Waals surface area (Å²) in [6.45, 7) is 0. The summed E-state index contributed by atoms with van der Waals surface area (Å²) in [6, 6.07) is 7.69.